The quantitative estimate of drug-likeness (QED) is 0.222. The Kier molecular flexibility index (Phi) is 13.3. The van der Waals surface area contributed by atoms with Crippen molar-refractivity contribution in [1.82, 2.24) is 10.6 Å². The molecule has 160 valence electrons. The molecule has 0 unspecified atom stereocenters. The average molecular weight is 504 g/mol. The predicted octanol–water partition coefficient (Wildman–Crippen LogP) is 3.26. The molecular weight excluding hydrogens is 467 g/mol. The van der Waals surface area contributed by atoms with Crippen molar-refractivity contribution in [3.63, 3.8) is 0 Å². The average Bonchev–Trinajstić information content (AvgIpc) is 2.70. The van der Waals surface area contributed by atoms with Crippen LogP contribution in [0.1, 0.15) is 31.7 Å². The summed E-state index contributed by atoms with van der Waals surface area (Å²) in [7, 11) is 3.48. The van der Waals surface area contributed by atoms with Crippen molar-refractivity contribution >= 4 is 35.6 Å². The molecule has 0 saturated carbocycles. The molecule has 0 bridgehead atoms. The summed E-state index contributed by atoms with van der Waals surface area (Å²) in [6.45, 7) is 8.31. The molecule has 2 N–H and O–H groups in total. The Bertz CT molecular complexity index is 546. The molecule has 1 heterocycles. The molecule has 0 amide bonds. The van der Waals surface area contributed by atoms with Gasteiger partial charge in [-0.1, -0.05) is 19.1 Å². The van der Waals surface area contributed by atoms with Crippen LogP contribution >= 0.6 is 24.0 Å². The molecule has 0 aliphatic carbocycles. The van der Waals surface area contributed by atoms with E-state index in [0.29, 0.717) is 13.2 Å². The summed E-state index contributed by atoms with van der Waals surface area (Å²) < 4.78 is 10.4. The maximum atomic E-state index is 5.46. The number of guanidine groups is 1. The molecule has 1 aromatic rings. The van der Waals surface area contributed by atoms with Crippen molar-refractivity contribution in [3.8, 4) is 0 Å². The van der Waals surface area contributed by atoms with E-state index in [9.17, 15) is 0 Å². The van der Waals surface area contributed by atoms with E-state index < -0.39 is 0 Å². The molecule has 0 atom stereocenters. The van der Waals surface area contributed by atoms with Gasteiger partial charge in [0.25, 0.3) is 0 Å². The van der Waals surface area contributed by atoms with Gasteiger partial charge < -0.3 is 25.0 Å². The first-order chi connectivity index (χ1) is 13.2. The number of ether oxygens (including phenoxy) is 2. The van der Waals surface area contributed by atoms with Crippen LogP contribution in [0.4, 0.5) is 5.69 Å². The number of benzene rings is 1. The summed E-state index contributed by atoms with van der Waals surface area (Å²) in [5, 5.41) is 6.68. The normalized spacial score (nSPS) is 15.2. The number of nitrogens with one attached hydrogen (secondary N) is 2. The number of aliphatic imine (C=N–C) groups is 1. The second kappa shape index (κ2) is 14.9. The van der Waals surface area contributed by atoms with E-state index in [-0.39, 0.29) is 24.0 Å². The van der Waals surface area contributed by atoms with Gasteiger partial charge in [0, 0.05) is 52.6 Å². The van der Waals surface area contributed by atoms with Crippen LogP contribution < -0.4 is 15.5 Å². The summed E-state index contributed by atoms with van der Waals surface area (Å²) in [5.41, 5.74) is 2.59. The van der Waals surface area contributed by atoms with Crippen LogP contribution in [0, 0.1) is 5.92 Å². The van der Waals surface area contributed by atoms with Gasteiger partial charge >= 0.3 is 0 Å². The van der Waals surface area contributed by atoms with Crippen molar-refractivity contribution in [3.05, 3.63) is 29.8 Å². The highest BCUT2D eigenvalue weighted by Gasteiger charge is 2.15. The second-order valence-electron chi connectivity index (χ2n) is 7.15. The summed E-state index contributed by atoms with van der Waals surface area (Å²) in [5.74, 6) is 1.68. The molecule has 0 radical (unpaired) electrons. The molecule has 0 aromatic heterocycles. The maximum Gasteiger partial charge on any atom is 0.191 e. The number of rotatable bonds is 10. The van der Waals surface area contributed by atoms with Crippen molar-refractivity contribution in [2.45, 2.75) is 32.7 Å². The Morgan fingerprint density at radius 1 is 1.11 bits per heavy atom. The van der Waals surface area contributed by atoms with Gasteiger partial charge in [0.2, 0.25) is 0 Å². The highest BCUT2D eigenvalue weighted by Crippen LogP contribution is 2.23. The number of methoxy groups -OCH3 is 1. The number of hydrogen-bond acceptors (Lipinski definition) is 4. The van der Waals surface area contributed by atoms with Crippen LogP contribution in [-0.2, 0) is 16.0 Å². The molecule has 1 aliphatic heterocycles. The Hall–Kier alpha value is -1.06. The van der Waals surface area contributed by atoms with E-state index in [4.69, 9.17) is 9.47 Å². The third kappa shape index (κ3) is 9.43. The number of anilines is 1. The van der Waals surface area contributed by atoms with Crippen molar-refractivity contribution < 1.29 is 9.47 Å². The number of nitrogens with zero attached hydrogens (tertiary/aromatic N) is 2. The van der Waals surface area contributed by atoms with Crippen LogP contribution in [0.3, 0.4) is 0 Å². The first-order valence-corrected chi connectivity index (χ1v) is 10.1. The second-order valence-corrected chi connectivity index (χ2v) is 7.15. The van der Waals surface area contributed by atoms with Gasteiger partial charge in [-0.15, -0.1) is 24.0 Å². The molecule has 6 nitrogen and oxygen atoms in total. The standard InChI is InChI=1S/C21H36N4O2.HI/c1-18-9-12-25(13-10-18)20-7-5-19(6-8-20)17-24-21(22-2)23-11-4-14-27-16-15-26-3;/h5-8,18H,4,9-17H2,1-3H3,(H2,22,23,24);1H. The molecule has 1 saturated heterocycles. The zero-order valence-electron chi connectivity index (χ0n) is 17.6. The van der Waals surface area contributed by atoms with E-state index in [1.165, 1.54) is 37.2 Å². The predicted molar refractivity (Wildman–Crippen MR) is 128 cm³/mol. The molecule has 28 heavy (non-hydrogen) atoms. The molecule has 7 heteroatoms. The van der Waals surface area contributed by atoms with Crippen molar-refractivity contribution in [2.75, 3.05) is 58.5 Å². The summed E-state index contributed by atoms with van der Waals surface area (Å²) >= 11 is 0. The third-order valence-corrected chi connectivity index (χ3v) is 4.96. The van der Waals surface area contributed by atoms with Crippen LogP contribution in [-0.4, -0.2) is 59.6 Å². The van der Waals surface area contributed by atoms with E-state index in [0.717, 1.165) is 38.0 Å². The summed E-state index contributed by atoms with van der Waals surface area (Å²) in [6, 6.07) is 8.88. The van der Waals surface area contributed by atoms with Gasteiger partial charge in [0.1, 0.15) is 0 Å². The Balaban J connectivity index is 0.00000392. The van der Waals surface area contributed by atoms with Gasteiger partial charge in [-0.25, -0.2) is 0 Å². The Labute approximate surface area is 187 Å². The van der Waals surface area contributed by atoms with Crippen molar-refractivity contribution in [2.24, 2.45) is 10.9 Å². The Morgan fingerprint density at radius 2 is 1.82 bits per heavy atom. The summed E-state index contributed by atoms with van der Waals surface area (Å²) in [4.78, 5) is 6.77. The van der Waals surface area contributed by atoms with Crippen LogP contribution in [0.15, 0.2) is 29.3 Å². The van der Waals surface area contributed by atoms with Crippen LogP contribution in [0.5, 0.6) is 0 Å². The third-order valence-electron chi connectivity index (χ3n) is 4.96. The maximum absolute atomic E-state index is 5.46. The van der Waals surface area contributed by atoms with E-state index in [1.807, 2.05) is 0 Å². The lowest BCUT2D eigenvalue weighted by atomic mass is 9.99. The number of piperidine rings is 1. The van der Waals surface area contributed by atoms with E-state index in [1.54, 1.807) is 14.2 Å². The zero-order chi connectivity index (χ0) is 19.3. The Morgan fingerprint density at radius 3 is 2.46 bits per heavy atom. The van der Waals surface area contributed by atoms with Gasteiger partial charge in [0.05, 0.1) is 13.2 Å². The lowest BCUT2D eigenvalue weighted by molar-refractivity contribution is 0.0698. The fourth-order valence-electron chi connectivity index (χ4n) is 3.12. The SMILES string of the molecule is CN=C(NCCCOCCOC)NCc1ccc(N2CCC(C)CC2)cc1.I. The number of hydrogen-bond donors (Lipinski definition) is 2. The topological polar surface area (TPSA) is 58.1 Å². The van der Waals surface area contributed by atoms with E-state index in [2.05, 4.69) is 51.7 Å². The molecule has 2 rings (SSSR count). The van der Waals surface area contributed by atoms with Gasteiger partial charge in [-0.05, 0) is 42.9 Å². The summed E-state index contributed by atoms with van der Waals surface area (Å²) in [6.07, 6.45) is 3.53. The fourth-order valence-corrected chi connectivity index (χ4v) is 3.12. The number of halogens is 1. The monoisotopic (exact) mass is 504 g/mol. The highest BCUT2D eigenvalue weighted by atomic mass is 127. The zero-order valence-corrected chi connectivity index (χ0v) is 19.9. The van der Waals surface area contributed by atoms with Gasteiger partial charge in [-0.2, -0.15) is 0 Å². The first-order valence-electron chi connectivity index (χ1n) is 10.1. The lowest BCUT2D eigenvalue weighted by Crippen LogP contribution is -2.37. The largest absolute Gasteiger partial charge is 0.382 e. The van der Waals surface area contributed by atoms with E-state index >= 15 is 0 Å². The molecule has 1 aliphatic rings. The van der Waals surface area contributed by atoms with Gasteiger partial charge in [-0.3, -0.25) is 4.99 Å². The smallest absolute Gasteiger partial charge is 0.191 e. The fraction of sp³-hybridized carbons (Fsp3) is 0.667. The minimum absolute atomic E-state index is 0. The van der Waals surface area contributed by atoms with Crippen LogP contribution in [0.25, 0.3) is 0 Å². The minimum atomic E-state index is 0. The molecular formula is C21H37IN4O2. The molecule has 0 spiro atoms. The molecule has 1 fully saturated rings. The van der Waals surface area contributed by atoms with Gasteiger partial charge in [0.15, 0.2) is 5.96 Å². The first kappa shape index (κ1) is 25.0. The van der Waals surface area contributed by atoms with Crippen LogP contribution in [0.2, 0.25) is 0 Å². The van der Waals surface area contributed by atoms with Crippen molar-refractivity contribution in [1.29, 1.82) is 0 Å². The highest BCUT2D eigenvalue weighted by molar-refractivity contribution is 14.0. The minimum Gasteiger partial charge on any atom is -0.382 e. The lowest BCUT2D eigenvalue weighted by Gasteiger charge is -2.32. The molecule has 1 aromatic carbocycles.